The molecule has 0 aliphatic heterocycles. The number of anilines is 1. The number of aliphatic carboxylic acids is 1. The number of carbonyl (C=O) groups is 3. The minimum absolute atomic E-state index is 0.0929. The normalized spacial score (nSPS) is 15.2. The van der Waals surface area contributed by atoms with Gasteiger partial charge in [-0.05, 0) is 99.7 Å². The van der Waals surface area contributed by atoms with E-state index in [1.165, 1.54) is 0 Å². The third kappa shape index (κ3) is 7.81. The molecule has 1 fully saturated rings. The number of ether oxygens (including phenoxy) is 1. The maximum Gasteiger partial charge on any atom is 0.320 e. The first kappa shape index (κ1) is 27.2. The molecule has 1 atom stereocenters. The van der Waals surface area contributed by atoms with Gasteiger partial charge in [0, 0.05) is 12.2 Å². The first-order chi connectivity index (χ1) is 17.2. The zero-order valence-corrected chi connectivity index (χ0v) is 21.1. The molecule has 2 amide bonds. The summed E-state index contributed by atoms with van der Waals surface area (Å²) in [6, 6.07) is 12.4. The number of carbonyl (C=O) groups excluding carboxylic acids is 2. The van der Waals surface area contributed by atoms with Crippen molar-refractivity contribution in [3.05, 3.63) is 59.2 Å². The van der Waals surface area contributed by atoms with Gasteiger partial charge in [-0.25, -0.2) is 0 Å². The number of amides is 2. The highest BCUT2D eigenvalue weighted by molar-refractivity contribution is 5.92. The lowest BCUT2D eigenvalue weighted by molar-refractivity contribution is -0.139. The zero-order chi connectivity index (χ0) is 26.1. The second kappa shape index (κ2) is 12.5. The Morgan fingerprint density at radius 2 is 1.67 bits per heavy atom. The molecule has 2 aromatic carbocycles. The van der Waals surface area contributed by atoms with Crippen molar-refractivity contribution in [1.29, 1.82) is 0 Å². The van der Waals surface area contributed by atoms with E-state index in [2.05, 4.69) is 16.7 Å². The van der Waals surface area contributed by atoms with Gasteiger partial charge in [-0.1, -0.05) is 18.2 Å². The van der Waals surface area contributed by atoms with Gasteiger partial charge in [0.15, 0.2) is 5.60 Å². The van der Waals surface area contributed by atoms with E-state index in [4.69, 9.17) is 15.6 Å². The molecule has 0 aromatic heterocycles. The minimum atomic E-state index is -1.01. The van der Waals surface area contributed by atoms with Gasteiger partial charge in [0.1, 0.15) is 11.8 Å². The Hall–Kier alpha value is -3.39. The van der Waals surface area contributed by atoms with Crippen LogP contribution in [0.1, 0.15) is 61.6 Å². The second-order valence-corrected chi connectivity index (χ2v) is 9.75. The van der Waals surface area contributed by atoms with Crippen LogP contribution in [0, 0.1) is 13.8 Å². The van der Waals surface area contributed by atoms with E-state index in [1.54, 1.807) is 12.1 Å². The quantitative estimate of drug-likeness (QED) is 0.331. The minimum Gasteiger partial charge on any atom is -0.480 e. The summed E-state index contributed by atoms with van der Waals surface area (Å²) in [5.41, 5.74) is 8.45. The van der Waals surface area contributed by atoms with Crippen LogP contribution in [-0.4, -0.2) is 41.1 Å². The molecule has 0 unspecified atom stereocenters. The Labute approximate surface area is 212 Å². The van der Waals surface area contributed by atoms with Crippen LogP contribution in [0.5, 0.6) is 5.75 Å². The predicted octanol–water partition coefficient (Wildman–Crippen LogP) is 3.87. The summed E-state index contributed by atoms with van der Waals surface area (Å²) < 4.78 is 6.22. The molecular weight excluding hydrogens is 458 g/mol. The van der Waals surface area contributed by atoms with Crippen molar-refractivity contribution < 1.29 is 24.2 Å². The number of carboxylic acids is 1. The van der Waals surface area contributed by atoms with Crippen molar-refractivity contribution in [1.82, 2.24) is 5.32 Å². The average molecular weight is 496 g/mol. The molecule has 0 spiro atoms. The van der Waals surface area contributed by atoms with Crippen molar-refractivity contribution in [2.75, 3.05) is 11.9 Å². The van der Waals surface area contributed by atoms with E-state index >= 15 is 0 Å². The van der Waals surface area contributed by atoms with Gasteiger partial charge in [-0.2, -0.15) is 0 Å². The third-order valence-electron chi connectivity index (χ3n) is 6.48. The van der Waals surface area contributed by atoms with Crippen molar-refractivity contribution in [3.63, 3.8) is 0 Å². The molecule has 8 heteroatoms. The molecule has 3 rings (SSSR count). The smallest absolute Gasteiger partial charge is 0.320 e. The number of nitrogens with one attached hydrogen (secondary N) is 2. The molecule has 0 radical (unpaired) electrons. The topological polar surface area (TPSA) is 131 Å². The molecule has 0 heterocycles. The lowest BCUT2D eigenvalue weighted by atomic mass is 10.0. The molecule has 0 bridgehead atoms. The largest absolute Gasteiger partial charge is 0.480 e. The van der Waals surface area contributed by atoms with Crippen LogP contribution in [0.15, 0.2) is 42.5 Å². The van der Waals surface area contributed by atoms with Gasteiger partial charge < -0.3 is 26.2 Å². The summed E-state index contributed by atoms with van der Waals surface area (Å²) in [6.45, 7) is 4.44. The standard InChI is InChI=1S/C28H37N3O5/c1-19-15-20(2)17-22(16-19)31-25(32)18-21-8-10-23(11-9-21)36-28(12-4-5-13-28)27(35)30-14-6-3-7-24(29)26(33)34/h8-11,15-17,24H,3-7,12-14,18,29H2,1-2H3,(H,30,35)(H,31,32)(H,33,34)/t24-/m1/s1. The fraction of sp³-hybridized carbons (Fsp3) is 0.464. The van der Waals surface area contributed by atoms with Gasteiger partial charge in [-0.3, -0.25) is 14.4 Å². The Bertz CT molecular complexity index is 1040. The highest BCUT2D eigenvalue weighted by atomic mass is 16.5. The van der Waals surface area contributed by atoms with Crippen molar-refractivity contribution >= 4 is 23.5 Å². The summed E-state index contributed by atoms with van der Waals surface area (Å²) in [7, 11) is 0. The van der Waals surface area contributed by atoms with Crippen LogP contribution in [-0.2, 0) is 20.8 Å². The van der Waals surface area contributed by atoms with Gasteiger partial charge >= 0.3 is 5.97 Å². The lowest BCUT2D eigenvalue weighted by Crippen LogP contribution is -2.49. The first-order valence-corrected chi connectivity index (χ1v) is 12.6. The van der Waals surface area contributed by atoms with Gasteiger partial charge in [-0.15, -0.1) is 0 Å². The number of carboxylic acid groups (broad SMARTS) is 1. The van der Waals surface area contributed by atoms with E-state index in [1.807, 2.05) is 38.1 Å². The van der Waals surface area contributed by atoms with Crippen LogP contribution >= 0.6 is 0 Å². The van der Waals surface area contributed by atoms with Gasteiger partial charge in [0.2, 0.25) is 5.91 Å². The number of aryl methyl sites for hydroxylation is 2. The summed E-state index contributed by atoms with van der Waals surface area (Å²) in [5, 5.41) is 14.8. The highest BCUT2D eigenvalue weighted by Gasteiger charge is 2.43. The van der Waals surface area contributed by atoms with Crippen LogP contribution in [0.4, 0.5) is 5.69 Å². The number of rotatable bonds is 12. The molecule has 5 N–H and O–H groups in total. The number of hydrogen-bond donors (Lipinski definition) is 4. The number of unbranched alkanes of at least 4 members (excludes halogenated alkanes) is 1. The summed E-state index contributed by atoms with van der Waals surface area (Å²) in [4.78, 5) is 36.3. The molecule has 36 heavy (non-hydrogen) atoms. The molecule has 2 aromatic rings. The highest BCUT2D eigenvalue weighted by Crippen LogP contribution is 2.35. The van der Waals surface area contributed by atoms with E-state index in [0.717, 1.165) is 35.2 Å². The number of benzene rings is 2. The number of hydrogen-bond acceptors (Lipinski definition) is 5. The fourth-order valence-corrected chi connectivity index (χ4v) is 4.64. The van der Waals surface area contributed by atoms with E-state index in [9.17, 15) is 14.4 Å². The Balaban J connectivity index is 1.51. The molecular formula is C28H37N3O5. The fourth-order valence-electron chi connectivity index (χ4n) is 4.64. The van der Waals surface area contributed by atoms with E-state index in [-0.39, 0.29) is 18.2 Å². The Kier molecular flexibility index (Phi) is 9.47. The summed E-state index contributed by atoms with van der Waals surface area (Å²) in [5.74, 6) is -0.646. The molecule has 8 nitrogen and oxygen atoms in total. The second-order valence-electron chi connectivity index (χ2n) is 9.75. The average Bonchev–Trinajstić information content (AvgIpc) is 3.28. The maximum absolute atomic E-state index is 13.0. The van der Waals surface area contributed by atoms with E-state index < -0.39 is 17.6 Å². The maximum atomic E-state index is 13.0. The molecule has 1 aliphatic rings. The van der Waals surface area contributed by atoms with Crippen molar-refractivity contribution in [2.24, 2.45) is 5.73 Å². The van der Waals surface area contributed by atoms with Crippen molar-refractivity contribution in [3.8, 4) is 5.75 Å². The Morgan fingerprint density at radius 1 is 1.03 bits per heavy atom. The predicted molar refractivity (Wildman–Crippen MR) is 139 cm³/mol. The SMILES string of the molecule is Cc1cc(C)cc(NC(=O)Cc2ccc(OC3(C(=O)NCCCC[C@@H](N)C(=O)O)CCCC3)cc2)c1. The van der Waals surface area contributed by atoms with Crippen LogP contribution < -0.4 is 21.1 Å². The summed E-state index contributed by atoms with van der Waals surface area (Å²) >= 11 is 0. The van der Waals surface area contributed by atoms with Gasteiger partial charge in [0.25, 0.3) is 5.91 Å². The number of nitrogens with two attached hydrogens (primary N) is 1. The van der Waals surface area contributed by atoms with Crippen LogP contribution in [0.2, 0.25) is 0 Å². The molecule has 1 aliphatic carbocycles. The van der Waals surface area contributed by atoms with Crippen LogP contribution in [0.3, 0.4) is 0 Å². The van der Waals surface area contributed by atoms with E-state index in [0.29, 0.717) is 44.4 Å². The monoisotopic (exact) mass is 495 g/mol. The summed E-state index contributed by atoms with van der Waals surface area (Å²) in [6.07, 6.45) is 5.01. The molecule has 194 valence electrons. The molecule has 1 saturated carbocycles. The lowest BCUT2D eigenvalue weighted by Gasteiger charge is -2.29. The van der Waals surface area contributed by atoms with Crippen LogP contribution in [0.25, 0.3) is 0 Å². The third-order valence-corrected chi connectivity index (χ3v) is 6.48. The molecule has 0 saturated heterocycles. The first-order valence-electron chi connectivity index (χ1n) is 12.6. The Morgan fingerprint density at radius 3 is 2.28 bits per heavy atom. The van der Waals surface area contributed by atoms with Gasteiger partial charge in [0.05, 0.1) is 6.42 Å². The zero-order valence-electron chi connectivity index (χ0n) is 21.1. The van der Waals surface area contributed by atoms with Crippen molar-refractivity contribution in [2.45, 2.75) is 76.9 Å².